The molecule has 0 saturated carbocycles. The standard InChI is InChI=1S/C20H19ClN2O2S/c1-4-13-5-7-14(8-6-13)11-17-19(24)23(20(22-17)26-3)15-9-10-18(25-2)16(21)12-15/h5-12H,4H2,1-3H3. The van der Waals surface area contributed by atoms with Gasteiger partial charge in [0.2, 0.25) is 0 Å². The number of nitrogens with zero attached hydrogens (tertiary/aromatic N) is 2. The summed E-state index contributed by atoms with van der Waals surface area (Å²) in [4.78, 5) is 19.0. The number of hydrogen-bond donors (Lipinski definition) is 0. The van der Waals surface area contributed by atoms with Crippen molar-refractivity contribution in [1.29, 1.82) is 0 Å². The Morgan fingerprint density at radius 2 is 1.96 bits per heavy atom. The molecular weight excluding hydrogens is 368 g/mol. The number of anilines is 1. The Labute approximate surface area is 162 Å². The van der Waals surface area contributed by atoms with Crippen LogP contribution in [0.4, 0.5) is 5.69 Å². The van der Waals surface area contributed by atoms with Gasteiger partial charge in [0.25, 0.3) is 5.91 Å². The van der Waals surface area contributed by atoms with Crippen molar-refractivity contribution in [1.82, 2.24) is 0 Å². The Hall–Kier alpha value is -2.24. The van der Waals surface area contributed by atoms with E-state index in [9.17, 15) is 4.79 Å². The highest BCUT2D eigenvalue weighted by molar-refractivity contribution is 8.13. The molecule has 6 heteroatoms. The van der Waals surface area contributed by atoms with Crippen LogP contribution in [-0.4, -0.2) is 24.4 Å². The molecule has 0 aromatic heterocycles. The van der Waals surface area contributed by atoms with Gasteiger partial charge in [-0.15, -0.1) is 0 Å². The molecule has 2 aromatic carbocycles. The lowest BCUT2D eigenvalue weighted by Crippen LogP contribution is -2.30. The second-order valence-corrected chi connectivity index (χ2v) is 6.86. The number of hydrogen-bond acceptors (Lipinski definition) is 4. The third-order valence-corrected chi connectivity index (χ3v) is 5.03. The van der Waals surface area contributed by atoms with Gasteiger partial charge in [0, 0.05) is 0 Å². The highest BCUT2D eigenvalue weighted by Gasteiger charge is 2.31. The number of carbonyl (C=O) groups is 1. The lowest BCUT2D eigenvalue weighted by atomic mass is 10.1. The number of carbonyl (C=O) groups excluding carboxylic acids is 1. The lowest BCUT2D eigenvalue weighted by Gasteiger charge is -2.17. The number of aliphatic imine (C=N–C) groups is 1. The van der Waals surface area contributed by atoms with Crippen molar-refractivity contribution in [3.63, 3.8) is 0 Å². The van der Waals surface area contributed by atoms with Gasteiger partial charge in [-0.25, -0.2) is 4.99 Å². The molecule has 0 aliphatic carbocycles. The van der Waals surface area contributed by atoms with E-state index in [2.05, 4.69) is 24.0 Å². The second-order valence-electron chi connectivity index (χ2n) is 5.68. The van der Waals surface area contributed by atoms with E-state index in [0.717, 1.165) is 12.0 Å². The minimum absolute atomic E-state index is 0.171. The molecule has 0 unspecified atom stereocenters. The Morgan fingerprint density at radius 3 is 2.54 bits per heavy atom. The largest absolute Gasteiger partial charge is 0.495 e. The molecule has 0 spiro atoms. The quantitative estimate of drug-likeness (QED) is 0.693. The van der Waals surface area contributed by atoms with E-state index in [1.54, 1.807) is 30.2 Å². The fraction of sp³-hybridized carbons (Fsp3) is 0.200. The van der Waals surface area contributed by atoms with E-state index in [1.807, 2.05) is 24.5 Å². The SMILES string of the molecule is CCc1ccc(C=C2N=C(SC)N(c3ccc(OC)c(Cl)c3)C2=O)cc1. The number of thioether (sulfide) groups is 1. The molecule has 26 heavy (non-hydrogen) atoms. The fourth-order valence-corrected chi connectivity index (χ4v) is 3.48. The van der Waals surface area contributed by atoms with E-state index >= 15 is 0 Å². The average Bonchev–Trinajstić information content (AvgIpc) is 2.98. The van der Waals surface area contributed by atoms with Crippen molar-refractivity contribution < 1.29 is 9.53 Å². The summed E-state index contributed by atoms with van der Waals surface area (Å²) in [6, 6.07) is 13.4. The van der Waals surface area contributed by atoms with Gasteiger partial charge in [-0.05, 0) is 48.1 Å². The zero-order valence-corrected chi connectivity index (χ0v) is 16.4. The van der Waals surface area contributed by atoms with Crippen LogP contribution < -0.4 is 9.64 Å². The predicted molar refractivity (Wildman–Crippen MR) is 110 cm³/mol. The second kappa shape index (κ2) is 7.98. The highest BCUT2D eigenvalue weighted by Crippen LogP contribution is 2.33. The van der Waals surface area contributed by atoms with Gasteiger partial charge in [-0.3, -0.25) is 9.69 Å². The summed E-state index contributed by atoms with van der Waals surface area (Å²) < 4.78 is 5.18. The molecule has 1 amide bonds. The maximum absolute atomic E-state index is 12.9. The number of amides is 1. The molecule has 0 N–H and O–H groups in total. The Morgan fingerprint density at radius 1 is 1.23 bits per heavy atom. The van der Waals surface area contributed by atoms with E-state index in [0.29, 0.717) is 27.3 Å². The van der Waals surface area contributed by atoms with E-state index < -0.39 is 0 Å². The molecule has 0 atom stereocenters. The third-order valence-electron chi connectivity index (χ3n) is 4.10. The minimum atomic E-state index is -0.171. The van der Waals surface area contributed by atoms with Crippen LogP contribution in [0.15, 0.2) is 53.2 Å². The van der Waals surface area contributed by atoms with E-state index in [4.69, 9.17) is 16.3 Å². The maximum atomic E-state index is 12.9. The first-order chi connectivity index (χ1) is 12.6. The van der Waals surface area contributed by atoms with Gasteiger partial charge in [0.1, 0.15) is 11.4 Å². The molecular formula is C20H19ClN2O2S. The number of rotatable bonds is 4. The molecule has 134 valence electrons. The van der Waals surface area contributed by atoms with Crippen LogP contribution in [0.5, 0.6) is 5.75 Å². The molecule has 3 rings (SSSR count). The van der Waals surface area contributed by atoms with Crippen LogP contribution >= 0.6 is 23.4 Å². The number of aryl methyl sites for hydroxylation is 1. The van der Waals surface area contributed by atoms with Gasteiger partial charge >= 0.3 is 0 Å². The molecule has 0 bridgehead atoms. The molecule has 1 heterocycles. The van der Waals surface area contributed by atoms with Crippen molar-refractivity contribution in [3.05, 3.63) is 64.3 Å². The minimum Gasteiger partial charge on any atom is -0.495 e. The van der Waals surface area contributed by atoms with Crippen molar-refractivity contribution >= 4 is 46.2 Å². The smallest absolute Gasteiger partial charge is 0.283 e. The maximum Gasteiger partial charge on any atom is 0.283 e. The van der Waals surface area contributed by atoms with Gasteiger partial charge < -0.3 is 4.74 Å². The first-order valence-electron chi connectivity index (χ1n) is 8.18. The number of methoxy groups -OCH3 is 1. The van der Waals surface area contributed by atoms with Gasteiger partial charge in [-0.2, -0.15) is 0 Å². The summed E-state index contributed by atoms with van der Waals surface area (Å²) in [6.45, 7) is 2.11. The Kier molecular flexibility index (Phi) is 5.69. The van der Waals surface area contributed by atoms with Crippen LogP contribution in [0, 0.1) is 0 Å². The predicted octanol–water partition coefficient (Wildman–Crippen LogP) is 5.02. The molecule has 1 aliphatic heterocycles. The Balaban J connectivity index is 1.94. The number of benzene rings is 2. The first-order valence-corrected chi connectivity index (χ1v) is 9.79. The zero-order valence-electron chi connectivity index (χ0n) is 14.8. The van der Waals surface area contributed by atoms with Crippen molar-refractivity contribution in [2.24, 2.45) is 4.99 Å². The Bertz CT molecular complexity index is 891. The first kappa shape index (κ1) is 18.5. The van der Waals surface area contributed by atoms with Gasteiger partial charge in [0.05, 0.1) is 17.8 Å². The van der Waals surface area contributed by atoms with Crippen LogP contribution in [0.1, 0.15) is 18.1 Å². The van der Waals surface area contributed by atoms with Crippen molar-refractivity contribution in [2.45, 2.75) is 13.3 Å². The van der Waals surface area contributed by atoms with Crippen LogP contribution in [0.2, 0.25) is 5.02 Å². The normalized spacial score (nSPS) is 15.5. The summed E-state index contributed by atoms with van der Waals surface area (Å²) in [7, 11) is 1.56. The number of halogens is 1. The topological polar surface area (TPSA) is 41.9 Å². The van der Waals surface area contributed by atoms with Crippen LogP contribution in [0.25, 0.3) is 6.08 Å². The average molecular weight is 387 g/mol. The van der Waals surface area contributed by atoms with Crippen LogP contribution in [0.3, 0.4) is 0 Å². The lowest BCUT2D eigenvalue weighted by molar-refractivity contribution is -0.113. The van der Waals surface area contributed by atoms with Crippen LogP contribution in [-0.2, 0) is 11.2 Å². The number of amidine groups is 1. The summed E-state index contributed by atoms with van der Waals surface area (Å²) in [6.07, 6.45) is 4.68. The summed E-state index contributed by atoms with van der Waals surface area (Å²) in [5, 5.41) is 1.07. The molecule has 0 saturated heterocycles. The summed E-state index contributed by atoms with van der Waals surface area (Å²) in [5.74, 6) is 0.395. The van der Waals surface area contributed by atoms with E-state index in [1.165, 1.54) is 17.3 Å². The van der Waals surface area contributed by atoms with E-state index in [-0.39, 0.29) is 5.91 Å². The third kappa shape index (κ3) is 3.64. The van der Waals surface area contributed by atoms with Gasteiger partial charge in [0.15, 0.2) is 5.17 Å². The highest BCUT2D eigenvalue weighted by atomic mass is 35.5. The van der Waals surface area contributed by atoms with Crippen molar-refractivity contribution in [2.75, 3.05) is 18.3 Å². The molecule has 0 fully saturated rings. The molecule has 0 radical (unpaired) electrons. The molecule has 4 nitrogen and oxygen atoms in total. The summed E-state index contributed by atoms with van der Waals surface area (Å²) >= 11 is 7.63. The number of ether oxygens (including phenoxy) is 1. The molecule has 1 aliphatic rings. The molecule has 2 aromatic rings. The fourth-order valence-electron chi connectivity index (χ4n) is 2.66. The zero-order chi connectivity index (χ0) is 18.7. The monoisotopic (exact) mass is 386 g/mol. The summed E-state index contributed by atoms with van der Waals surface area (Å²) in [5.41, 5.74) is 3.28. The van der Waals surface area contributed by atoms with Gasteiger partial charge in [-0.1, -0.05) is 54.6 Å². The van der Waals surface area contributed by atoms with Crippen molar-refractivity contribution in [3.8, 4) is 5.75 Å².